The fourth-order valence-electron chi connectivity index (χ4n) is 3.62. The lowest BCUT2D eigenvalue weighted by molar-refractivity contribution is -0.133. The van der Waals surface area contributed by atoms with Crippen molar-refractivity contribution >= 4 is 17.5 Å². The average molecular weight is 373 g/mol. The van der Waals surface area contributed by atoms with Gasteiger partial charge < -0.3 is 15.7 Å². The van der Waals surface area contributed by atoms with Crippen LogP contribution in [0.5, 0.6) is 0 Å². The number of benzene rings is 2. The highest BCUT2D eigenvalue weighted by atomic mass is 35.5. The van der Waals surface area contributed by atoms with Gasteiger partial charge in [-0.2, -0.15) is 0 Å². The minimum Gasteiger partial charge on any atom is -0.394 e. The molecule has 1 saturated heterocycles. The van der Waals surface area contributed by atoms with Gasteiger partial charge in [-0.1, -0.05) is 54.1 Å². The predicted molar refractivity (Wildman–Crippen MR) is 104 cm³/mol. The molecule has 4 nitrogen and oxygen atoms in total. The number of piperidine rings is 1. The molecular formula is C21H25ClN2O2. The van der Waals surface area contributed by atoms with Crippen molar-refractivity contribution in [3.63, 3.8) is 0 Å². The third kappa shape index (κ3) is 4.44. The maximum Gasteiger partial charge on any atom is 0.227 e. The highest BCUT2D eigenvalue weighted by Crippen LogP contribution is 2.34. The van der Waals surface area contributed by atoms with E-state index in [1.165, 1.54) is 0 Å². The molecule has 1 aliphatic heterocycles. The lowest BCUT2D eigenvalue weighted by Gasteiger charge is -2.37. The van der Waals surface area contributed by atoms with E-state index in [9.17, 15) is 9.90 Å². The van der Waals surface area contributed by atoms with Crippen LogP contribution in [0, 0.1) is 5.41 Å². The number of hydrogen-bond donors (Lipinski definition) is 3. The zero-order valence-electron chi connectivity index (χ0n) is 14.7. The number of halogens is 1. The van der Waals surface area contributed by atoms with Crippen LogP contribution in [0.4, 0.5) is 0 Å². The van der Waals surface area contributed by atoms with Crippen LogP contribution < -0.4 is 10.6 Å². The Morgan fingerprint density at radius 3 is 2.38 bits per heavy atom. The molecule has 0 unspecified atom stereocenters. The summed E-state index contributed by atoms with van der Waals surface area (Å²) in [6, 6.07) is 16.9. The van der Waals surface area contributed by atoms with E-state index in [-0.39, 0.29) is 12.5 Å². The van der Waals surface area contributed by atoms with Crippen LogP contribution >= 0.6 is 11.6 Å². The molecule has 0 aliphatic carbocycles. The number of carbonyl (C=O) groups excluding carboxylic acids is 1. The molecule has 1 atom stereocenters. The molecule has 2 aromatic carbocycles. The first-order chi connectivity index (χ1) is 12.6. The van der Waals surface area contributed by atoms with E-state index in [1.807, 2.05) is 30.3 Å². The Morgan fingerprint density at radius 1 is 1.12 bits per heavy atom. The summed E-state index contributed by atoms with van der Waals surface area (Å²) in [5.74, 6) is 0.0110. The summed E-state index contributed by atoms with van der Waals surface area (Å²) in [5, 5.41) is 16.9. The first-order valence-corrected chi connectivity index (χ1v) is 9.43. The van der Waals surface area contributed by atoms with E-state index in [2.05, 4.69) is 22.8 Å². The largest absolute Gasteiger partial charge is 0.394 e. The molecule has 0 aromatic heterocycles. The zero-order valence-corrected chi connectivity index (χ0v) is 15.5. The van der Waals surface area contributed by atoms with Gasteiger partial charge in [-0.05, 0) is 55.6 Å². The Kier molecular flexibility index (Phi) is 6.30. The fourth-order valence-corrected chi connectivity index (χ4v) is 3.74. The van der Waals surface area contributed by atoms with E-state index >= 15 is 0 Å². The van der Waals surface area contributed by atoms with Crippen LogP contribution in [-0.4, -0.2) is 30.7 Å². The molecule has 0 spiro atoms. The standard InChI is InChI=1S/C21H25ClN2O2/c22-18-8-6-17(7-9-18)19(15-25)24-20(26)21(10-12-23-13-11-21)14-16-4-2-1-3-5-16/h1-9,19,23,25H,10-15H2,(H,24,26)/t19-/m0/s1. The average Bonchev–Trinajstić information content (AvgIpc) is 2.68. The van der Waals surface area contributed by atoms with E-state index in [4.69, 9.17) is 11.6 Å². The van der Waals surface area contributed by atoms with Gasteiger partial charge in [0, 0.05) is 5.02 Å². The van der Waals surface area contributed by atoms with Crippen molar-refractivity contribution in [1.82, 2.24) is 10.6 Å². The highest BCUT2D eigenvalue weighted by Gasteiger charge is 2.40. The van der Waals surface area contributed by atoms with E-state index in [0.29, 0.717) is 11.4 Å². The van der Waals surface area contributed by atoms with Crippen LogP contribution in [0.15, 0.2) is 54.6 Å². The number of carbonyl (C=O) groups is 1. The number of aliphatic hydroxyl groups is 1. The van der Waals surface area contributed by atoms with Gasteiger partial charge in [-0.3, -0.25) is 4.79 Å². The van der Waals surface area contributed by atoms with Gasteiger partial charge in [-0.25, -0.2) is 0 Å². The molecule has 1 fully saturated rings. The van der Waals surface area contributed by atoms with Crippen molar-refractivity contribution in [2.45, 2.75) is 25.3 Å². The van der Waals surface area contributed by atoms with Gasteiger partial charge in [0.25, 0.3) is 0 Å². The second kappa shape index (κ2) is 8.67. The summed E-state index contributed by atoms with van der Waals surface area (Å²) in [6.07, 6.45) is 2.28. The van der Waals surface area contributed by atoms with Crippen molar-refractivity contribution in [2.75, 3.05) is 19.7 Å². The van der Waals surface area contributed by atoms with Gasteiger partial charge in [0.05, 0.1) is 18.1 Å². The van der Waals surface area contributed by atoms with Crippen molar-refractivity contribution in [2.24, 2.45) is 5.41 Å². The maximum absolute atomic E-state index is 13.3. The molecule has 1 aliphatic rings. The number of hydrogen-bond acceptors (Lipinski definition) is 3. The molecule has 0 radical (unpaired) electrons. The predicted octanol–water partition coefficient (Wildman–Crippen LogP) is 3.10. The molecular weight excluding hydrogens is 348 g/mol. The normalized spacial score (nSPS) is 17.5. The topological polar surface area (TPSA) is 61.4 Å². The summed E-state index contributed by atoms with van der Waals surface area (Å²) in [7, 11) is 0. The third-order valence-electron chi connectivity index (χ3n) is 5.19. The van der Waals surface area contributed by atoms with Crippen LogP contribution in [0.1, 0.15) is 30.0 Å². The summed E-state index contributed by atoms with van der Waals surface area (Å²) >= 11 is 5.94. The van der Waals surface area contributed by atoms with E-state index < -0.39 is 11.5 Å². The molecule has 0 bridgehead atoms. The Morgan fingerprint density at radius 2 is 1.77 bits per heavy atom. The van der Waals surface area contributed by atoms with Crippen LogP contribution in [-0.2, 0) is 11.2 Å². The lowest BCUT2D eigenvalue weighted by atomic mass is 9.73. The monoisotopic (exact) mass is 372 g/mol. The Labute approximate surface area is 159 Å². The SMILES string of the molecule is O=C(N[C@@H](CO)c1ccc(Cl)cc1)C1(Cc2ccccc2)CCNCC1. The summed E-state index contributed by atoms with van der Waals surface area (Å²) in [4.78, 5) is 13.3. The Bertz CT molecular complexity index is 713. The molecule has 1 heterocycles. The van der Waals surface area contributed by atoms with Crippen LogP contribution in [0.25, 0.3) is 0 Å². The molecule has 0 saturated carbocycles. The quantitative estimate of drug-likeness (QED) is 0.730. The van der Waals surface area contributed by atoms with Gasteiger partial charge in [0.1, 0.15) is 0 Å². The maximum atomic E-state index is 13.3. The van der Waals surface area contributed by atoms with E-state index in [1.54, 1.807) is 12.1 Å². The fraction of sp³-hybridized carbons (Fsp3) is 0.381. The molecule has 26 heavy (non-hydrogen) atoms. The molecule has 3 N–H and O–H groups in total. The zero-order chi connectivity index (χ0) is 18.4. The second-order valence-corrected chi connectivity index (χ2v) is 7.39. The minimum absolute atomic E-state index is 0.0110. The van der Waals surface area contributed by atoms with Gasteiger partial charge in [-0.15, -0.1) is 0 Å². The van der Waals surface area contributed by atoms with Crippen LogP contribution in [0.2, 0.25) is 5.02 Å². The first kappa shape index (κ1) is 18.9. The minimum atomic E-state index is -0.452. The number of rotatable bonds is 6. The van der Waals surface area contributed by atoms with Crippen molar-refractivity contribution in [3.8, 4) is 0 Å². The number of nitrogens with one attached hydrogen (secondary N) is 2. The number of amides is 1. The second-order valence-electron chi connectivity index (χ2n) is 6.95. The lowest BCUT2D eigenvalue weighted by Crippen LogP contribution is -2.50. The molecule has 2 aromatic rings. The van der Waals surface area contributed by atoms with Gasteiger partial charge >= 0.3 is 0 Å². The molecule has 1 amide bonds. The van der Waals surface area contributed by atoms with Gasteiger partial charge in [0.2, 0.25) is 5.91 Å². The Balaban J connectivity index is 1.79. The molecule has 5 heteroatoms. The van der Waals surface area contributed by atoms with Crippen LogP contribution in [0.3, 0.4) is 0 Å². The summed E-state index contributed by atoms with van der Waals surface area (Å²) in [6.45, 7) is 1.50. The molecule has 138 valence electrons. The Hall–Kier alpha value is -1.88. The molecule has 3 rings (SSSR count). The first-order valence-electron chi connectivity index (χ1n) is 9.05. The summed E-state index contributed by atoms with van der Waals surface area (Å²) < 4.78 is 0. The van der Waals surface area contributed by atoms with Crippen molar-refractivity contribution < 1.29 is 9.90 Å². The highest BCUT2D eigenvalue weighted by molar-refractivity contribution is 6.30. The van der Waals surface area contributed by atoms with Crippen molar-refractivity contribution in [1.29, 1.82) is 0 Å². The smallest absolute Gasteiger partial charge is 0.227 e. The third-order valence-corrected chi connectivity index (χ3v) is 5.44. The summed E-state index contributed by atoms with van der Waals surface area (Å²) in [5.41, 5.74) is 1.57. The van der Waals surface area contributed by atoms with E-state index in [0.717, 1.165) is 37.1 Å². The van der Waals surface area contributed by atoms with Gasteiger partial charge in [0.15, 0.2) is 0 Å². The number of aliphatic hydroxyl groups excluding tert-OH is 1. The van der Waals surface area contributed by atoms with Crippen molar-refractivity contribution in [3.05, 3.63) is 70.7 Å².